The second kappa shape index (κ2) is 4.72. The molecule has 0 aromatic carbocycles. The van der Waals surface area contributed by atoms with Gasteiger partial charge in [-0.2, -0.15) is 0 Å². The fourth-order valence-corrected chi connectivity index (χ4v) is 0.263. The van der Waals surface area contributed by atoms with E-state index in [-0.39, 0.29) is 0 Å². The average molecular weight is 191 g/mol. The van der Waals surface area contributed by atoms with E-state index < -0.39 is 15.8 Å². The van der Waals surface area contributed by atoms with E-state index in [0.717, 1.165) is 0 Å². The molecule has 72 valence electrons. The third kappa shape index (κ3) is 6.49. The Labute approximate surface area is 76.4 Å². The van der Waals surface area contributed by atoms with E-state index in [4.69, 9.17) is 9.96 Å². The van der Waals surface area contributed by atoms with Crippen LogP contribution in [0.1, 0.15) is 33.6 Å². The summed E-state index contributed by atoms with van der Waals surface area (Å²) in [6.07, 6.45) is 4.06. The van der Waals surface area contributed by atoms with Crippen LogP contribution in [0.2, 0.25) is 0 Å². The molecule has 0 aromatic heterocycles. The molecule has 0 radical (unpaired) electrons. The Balaban J connectivity index is 0.000000211. The zero-order chi connectivity index (χ0) is 9.78. The van der Waals surface area contributed by atoms with Gasteiger partial charge in [0.15, 0.2) is 11.1 Å². The molecule has 4 heteroatoms. The summed E-state index contributed by atoms with van der Waals surface area (Å²) in [4.78, 5) is 0. The van der Waals surface area contributed by atoms with Crippen LogP contribution in [0.4, 0.5) is 0 Å². The van der Waals surface area contributed by atoms with Crippen molar-refractivity contribution in [2.75, 3.05) is 0 Å². The molecular formula is C8H17NO2S. The minimum Gasteiger partial charge on any atom is -0.313 e. The van der Waals surface area contributed by atoms with Gasteiger partial charge >= 0.3 is 0 Å². The number of hydrogen-bond acceptors (Lipinski definition) is 2. The van der Waals surface area contributed by atoms with Crippen molar-refractivity contribution < 1.29 is 8.76 Å². The smallest absolute Gasteiger partial charge is 0.158 e. The van der Waals surface area contributed by atoms with Crippen molar-refractivity contribution in [3.8, 4) is 0 Å². The second-order valence-electron chi connectivity index (χ2n) is 3.87. The van der Waals surface area contributed by atoms with E-state index in [1.54, 1.807) is 20.8 Å². The first-order valence-electron chi connectivity index (χ1n) is 3.99. The molecule has 0 aromatic rings. The van der Waals surface area contributed by atoms with Gasteiger partial charge in [0.05, 0.1) is 4.75 Å². The predicted octanol–water partition coefficient (Wildman–Crippen LogP) is 2.05. The first-order valence-corrected chi connectivity index (χ1v) is 5.10. The highest BCUT2D eigenvalue weighted by Gasteiger charge is 2.16. The monoisotopic (exact) mass is 191 g/mol. The zero-order valence-corrected chi connectivity index (χ0v) is 8.65. The lowest BCUT2D eigenvalue weighted by Crippen LogP contribution is -2.20. The molecule has 1 rings (SSSR count). The maximum Gasteiger partial charge on any atom is 0.158 e. The molecule has 0 saturated heterocycles. The van der Waals surface area contributed by atoms with Crippen molar-refractivity contribution in [2.45, 2.75) is 38.4 Å². The molecular weight excluding hydrogens is 174 g/mol. The molecule has 0 heterocycles. The summed E-state index contributed by atoms with van der Waals surface area (Å²) in [5.41, 5.74) is 0. The molecule has 1 atom stereocenters. The fourth-order valence-electron chi connectivity index (χ4n) is 0.263. The Morgan fingerprint density at radius 1 is 1.50 bits per heavy atom. The van der Waals surface area contributed by atoms with Crippen LogP contribution >= 0.6 is 0 Å². The van der Waals surface area contributed by atoms with Gasteiger partial charge in [0.2, 0.25) is 0 Å². The van der Waals surface area contributed by atoms with Crippen LogP contribution < -0.4 is 0 Å². The Hall–Kier alpha value is -0.220. The van der Waals surface area contributed by atoms with Gasteiger partial charge in [-0.1, -0.05) is 0 Å². The molecule has 3 nitrogen and oxygen atoms in total. The second-order valence-corrected chi connectivity index (χ2v) is 5.59. The van der Waals surface area contributed by atoms with Gasteiger partial charge < -0.3 is 9.96 Å². The maximum absolute atomic E-state index is 10.1. The highest BCUT2D eigenvalue weighted by molar-refractivity contribution is 7.80. The van der Waals surface area contributed by atoms with Crippen molar-refractivity contribution in [1.29, 1.82) is 5.41 Å². The van der Waals surface area contributed by atoms with E-state index >= 15 is 0 Å². The summed E-state index contributed by atoms with van der Waals surface area (Å²) in [6.45, 7) is 5.13. The van der Waals surface area contributed by atoms with Crippen molar-refractivity contribution in [2.24, 2.45) is 5.92 Å². The van der Waals surface area contributed by atoms with E-state index in [1.807, 2.05) is 0 Å². The third-order valence-electron chi connectivity index (χ3n) is 1.38. The van der Waals surface area contributed by atoms with E-state index in [2.05, 4.69) is 0 Å². The molecule has 0 amide bonds. The van der Waals surface area contributed by atoms with Crippen molar-refractivity contribution >= 4 is 17.3 Å². The normalized spacial score (nSPS) is 19.0. The number of hydrogen-bond donors (Lipinski definition) is 2. The van der Waals surface area contributed by atoms with Gasteiger partial charge in [-0.25, -0.2) is 4.21 Å². The number of rotatable bonds is 1. The summed E-state index contributed by atoms with van der Waals surface area (Å²) < 4.78 is 18.0. The predicted molar refractivity (Wildman–Crippen MR) is 52.0 cm³/mol. The molecule has 12 heavy (non-hydrogen) atoms. The van der Waals surface area contributed by atoms with Gasteiger partial charge in [0, 0.05) is 0 Å². The van der Waals surface area contributed by atoms with Crippen molar-refractivity contribution in [3.05, 3.63) is 0 Å². The Bertz CT molecular complexity index is 170. The van der Waals surface area contributed by atoms with Gasteiger partial charge in [-0.05, 0) is 45.7 Å². The van der Waals surface area contributed by atoms with Gasteiger partial charge in [-0.15, -0.1) is 0 Å². The third-order valence-corrected chi connectivity index (χ3v) is 2.43. The zero-order valence-electron chi connectivity index (χ0n) is 7.83. The first kappa shape index (κ1) is 11.8. The Morgan fingerprint density at radius 2 is 1.83 bits per heavy atom. The Morgan fingerprint density at radius 3 is 1.83 bits per heavy atom. The Kier molecular flexibility index (Phi) is 4.63. The van der Waals surface area contributed by atoms with Gasteiger partial charge in [-0.3, -0.25) is 0 Å². The van der Waals surface area contributed by atoms with Crippen LogP contribution in [0.25, 0.3) is 0 Å². The largest absolute Gasteiger partial charge is 0.313 e. The topological polar surface area (TPSA) is 61.1 Å². The SMILES string of the molecule is CC(C)(C)S(=O)O.N=CC1CC1. The highest BCUT2D eigenvalue weighted by atomic mass is 32.2. The molecule has 1 fully saturated rings. The quantitative estimate of drug-likeness (QED) is 0.492. The molecule has 0 bridgehead atoms. The highest BCUT2D eigenvalue weighted by Crippen LogP contribution is 2.25. The lowest BCUT2D eigenvalue weighted by Gasteiger charge is -2.10. The summed E-state index contributed by atoms with van der Waals surface area (Å²) in [5.74, 6) is 0.676. The van der Waals surface area contributed by atoms with Crippen LogP contribution in [-0.4, -0.2) is 19.7 Å². The van der Waals surface area contributed by atoms with Gasteiger partial charge in [0.25, 0.3) is 0 Å². The average Bonchev–Trinajstić information content (AvgIpc) is 2.67. The first-order chi connectivity index (χ1) is 5.38. The molecule has 0 spiro atoms. The molecule has 2 N–H and O–H groups in total. The van der Waals surface area contributed by atoms with Gasteiger partial charge in [0.1, 0.15) is 0 Å². The van der Waals surface area contributed by atoms with Crippen molar-refractivity contribution in [1.82, 2.24) is 0 Å². The van der Waals surface area contributed by atoms with E-state index in [1.165, 1.54) is 19.1 Å². The van der Waals surface area contributed by atoms with Crippen LogP contribution in [0.5, 0.6) is 0 Å². The number of nitrogens with one attached hydrogen (secondary N) is 1. The lowest BCUT2D eigenvalue weighted by molar-refractivity contribution is 0.528. The summed E-state index contributed by atoms with van der Waals surface area (Å²) in [7, 11) is 0. The van der Waals surface area contributed by atoms with E-state index in [9.17, 15) is 4.21 Å². The van der Waals surface area contributed by atoms with E-state index in [0.29, 0.717) is 5.92 Å². The minimum absolute atomic E-state index is 0.472. The van der Waals surface area contributed by atoms with Crippen molar-refractivity contribution in [3.63, 3.8) is 0 Å². The molecule has 1 unspecified atom stereocenters. The molecule has 1 saturated carbocycles. The summed E-state index contributed by atoms with van der Waals surface area (Å²) >= 11 is -1.68. The van der Waals surface area contributed by atoms with Crippen LogP contribution in [-0.2, 0) is 11.1 Å². The maximum atomic E-state index is 10.1. The molecule has 0 aliphatic heterocycles. The lowest BCUT2D eigenvalue weighted by atomic mass is 10.3. The summed E-state index contributed by atoms with van der Waals surface area (Å²) in [5, 5.41) is 6.59. The molecule has 1 aliphatic carbocycles. The molecule has 1 aliphatic rings. The van der Waals surface area contributed by atoms with Crippen LogP contribution in [0.3, 0.4) is 0 Å². The minimum atomic E-state index is -1.68. The summed E-state index contributed by atoms with van der Waals surface area (Å²) in [6, 6.07) is 0. The fraction of sp³-hybridized carbons (Fsp3) is 0.875. The standard InChI is InChI=1S/C4H7N.C4H10O2S/c5-3-4-1-2-4;1-4(2,3)7(5)6/h3-5H,1-2H2;1-3H3,(H,5,6). The van der Waals surface area contributed by atoms with Crippen LogP contribution in [0.15, 0.2) is 0 Å². The van der Waals surface area contributed by atoms with Crippen LogP contribution in [0, 0.1) is 11.3 Å².